The Morgan fingerprint density at radius 2 is 1.89 bits per heavy atom. The topological polar surface area (TPSA) is 38.7 Å². The summed E-state index contributed by atoms with van der Waals surface area (Å²) in [6, 6.07) is 5.53. The van der Waals surface area contributed by atoms with Gasteiger partial charge in [0.1, 0.15) is 0 Å². The van der Waals surface area contributed by atoms with Crippen molar-refractivity contribution in [1.29, 1.82) is 0 Å². The quantitative estimate of drug-likeness (QED) is 0.870. The Morgan fingerprint density at radius 3 is 2.39 bits per heavy atom. The van der Waals surface area contributed by atoms with Crippen LogP contribution in [0.5, 0.6) is 11.5 Å². The molecule has 0 radical (unpaired) electrons. The van der Waals surface area contributed by atoms with Crippen LogP contribution in [0, 0.1) is 5.41 Å². The van der Waals surface area contributed by atoms with Gasteiger partial charge in [0.2, 0.25) is 0 Å². The lowest BCUT2D eigenvalue weighted by atomic mass is 9.93. The molecule has 1 aromatic carbocycles. The first-order valence-electron chi connectivity index (χ1n) is 6.32. The number of ether oxygens (including phenoxy) is 2. The van der Waals surface area contributed by atoms with Crippen molar-refractivity contribution in [2.24, 2.45) is 5.41 Å². The van der Waals surface area contributed by atoms with E-state index in [4.69, 9.17) is 9.47 Å². The zero-order valence-electron chi connectivity index (χ0n) is 12.0. The molecule has 1 atom stereocenters. The standard InChI is InChI=1S/C15H24O3/c1-11(16)12-6-7-13(14(10-12)17-5)18-9-8-15(2,3)4/h6-7,10-11,16H,8-9H2,1-5H3/t11-/m0/s1. The van der Waals surface area contributed by atoms with Gasteiger partial charge < -0.3 is 14.6 Å². The molecule has 3 nitrogen and oxygen atoms in total. The Labute approximate surface area is 110 Å². The SMILES string of the molecule is COc1cc([C@H](C)O)ccc1OCCC(C)(C)C. The van der Waals surface area contributed by atoms with E-state index in [1.54, 1.807) is 14.0 Å². The van der Waals surface area contributed by atoms with Gasteiger partial charge in [0.05, 0.1) is 19.8 Å². The van der Waals surface area contributed by atoms with Crippen LogP contribution in [0.25, 0.3) is 0 Å². The van der Waals surface area contributed by atoms with Crippen LogP contribution in [0.4, 0.5) is 0 Å². The third kappa shape index (κ3) is 4.57. The van der Waals surface area contributed by atoms with Crippen LogP contribution in [-0.2, 0) is 0 Å². The van der Waals surface area contributed by atoms with Crippen molar-refractivity contribution in [2.45, 2.75) is 40.2 Å². The molecule has 0 saturated carbocycles. The monoisotopic (exact) mass is 252 g/mol. The summed E-state index contributed by atoms with van der Waals surface area (Å²) in [5.74, 6) is 1.40. The largest absolute Gasteiger partial charge is 0.493 e. The predicted octanol–water partition coefficient (Wildman–Crippen LogP) is 3.56. The summed E-state index contributed by atoms with van der Waals surface area (Å²) in [5.41, 5.74) is 1.09. The van der Waals surface area contributed by atoms with Gasteiger partial charge >= 0.3 is 0 Å². The van der Waals surface area contributed by atoms with Crippen LogP contribution in [0.2, 0.25) is 0 Å². The maximum absolute atomic E-state index is 9.52. The normalized spacial score (nSPS) is 13.2. The highest BCUT2D eigenvalue weighted by atomic mass is 16.5. The summed E-state index contributed by atoms with van der Waals surface area (Å²) < 4.78 is 11.0. The number of hydrogen-bond acceptors (Lipinski definition) is 3. The number of rotatable bonds is 5. The Morgan fingerprint density at radius 1 is 1.22 bits per heavy atom. The van der Waals surface area contributed by atoms with E-state index in [2.05, 4.69) is 20.8 Å². The molecule has 18 heavy (non-hydrogen) atoms. The lowest BCUT2D eigenvalue weighted by Crippen LogP contribution is -2.11. The van der Waals surface area contributed by atoms with Gasteiger partial charge in [-0.3, -0.25) is 0 Å². The summed E-state index contributed by atoms with van der Waals surface area (Å²) in [6.45, 7) is 8.95. The Kier molecular flexibility index (Phi) is 5.03. The fourth-order valence-corrected chi connectivity index (χ4v) is 1.53. The highest BCUT2D eigenvalue weighted by molar-refractivity contribution is 5.43. The number of aliphatic hydroxyl groups is 1. The highest BCUT2D eigenvalue weighted by Gasteiger charge is 2.12. The summed E-state index contributed by atoms with van der Waals surface area (Å²) in [5, 5.41) is 9.52. The van der Waals surface area contributed by atoms with Gasteiger partial charge in [-0.2, -0.15) is 0 Å². The number of methoxy groups -OCH3 is 1. The highest BCUT2D eigenvalue weighted by Crippen LogP contribution is 2.31. The van der Waals surface area contributed by atoms with Crippen LogP contribution >= 0.6 is 0 Å². The van der Waals surface area contributed by atoms with E-state index in [0.717, 1.165) is 17.7 Å². The molecule has 1 aromatic rings. The molecular formula is C15H24O3. The van der Waals surface area contributed by atoms with E-state index in [1.165, 1.54) is 0 Å². The first-order chi connectivity index (χ1) is 8.33. The number of aliphatic hydroxyl groups excluding tert-OH is 1. The summed E-state index contributed by atoms with van der Waals surface area (Å²) in [6.07, 6.45) is 0.483. The van der Waals surface area contributed by atoms with E-state index in [1.807, 2.05) is 18.2 Å². The molecule has 0 bridgehead atoms. The molecule has 1 rings (SSSR count). The summed E-state index contributed by atoms with van der Waals surface area (Å²) >= 11 is 0. The van der Waals surface area contributed by atoms with E-state index >= 15 is 0 Å². The average molecular weight is 252 g/mol. The second-order valence-corrected chi connectivity index (χ2v) is 5.75. The molecule has 0 amide bonds. The van der Waals surface area contributed by atoms with Crippen molar-refractivity contribution in [3.63, 3.8) is 0 Å². The lowest BCUT2D eigenvalue weighted by molar-refractivity contribution is 0.198. The molecule has 102 valence electrons. The van der Waals surface area contributed by atoms with Gasteiger partial charge in [0.25, 0.3) is 0 Å². The minimum absolute atomic E-state index is 0.257. The fraction of sp³-hybridized carbons (Fsp3) is 0.600. The molecule has 0 aromatic heterocycles. The van der Waals surface area contributed by atoms with Crippen molar-refractivity contribution >= 4 is 0 Å². The van der Waals surface area contributed by atoms with Crippen LogP contribution < -0.4 is 9.47 Å². The van der Waals surface area contributed by atoms with Crippen LogP contribution in [0.1, 0.15) is 45.8 Å². The van der Waals surface area contributed by atoms with Gasteiger partial charge in [0.15, 0.2) is 11.5 Å². The zero-order chi connectivity index (χ0) is 13.8. The van der Waals surface area contributed by atoms with Crippen LogP contribution in [0.3, 0.4) is 0 Å². The molecule has 0 unspecified atom stereocenters. The Bertz CT molecular complexity index is 378. The molecule has 3 heteroatoms. The fourth-order valence-electron chi connectivity index (χ4n) is 1.53. The molecule has 0 heterocycles. The molecule has 0 saturated heterocycles. The minimum Gasteiger partial charge on any atom is -0.493 e. The molecule has 0 aliphatic heterocycles. The van der Waals surface area contributed by atoms with Crippen molar-refractivity contribution < 1.29 is 14.6 Å². The number of hydrogen-bond donors (Lipinski definition) is 1. The molecular weight excluding hydrogens is 228 g/mol. The van der Waals surface area contributed by atoms with Crippen molar-refractivity contribution in [3.8, 4) is 11.5 Å². The molecule has 1 N–H and O–H groups in total. The predicted molar refractivity (Wildman–Crippen MR) is 73.2 cm³/mol. The van der Waals surface area contributed by atoms with Gasteiger partial charge in [-0.25, -0.2) is 0 Å². The first-order valence-corrected chi connectivity index (χ1v) is 6.32. The maximum atomic E-state index is 9.52. The van der Waals surface area contributed by atoms with E-state index in [-0.39, 0.29) is 5.41 Å². The van der Waals surface area contributed by atoms with Gasteiger partial charge in [-0.1, -0.05) is 26.8 Å². The Hall–Kier alpha value is -1.22. The third-order valence-corrected chi connectivity index (χ3v) is 2.78. The van der Waals surface area contributed by atoms with Crippen molar-refractivity contribution in [2.75, 3.05) is 13.7 Å². The van der Waals surface area contributed by atoms with Crippen LogP contribution in [0.15, 0.2) is 18.2 Å². The van der Waals surface area contributed by atoms with E-state index in [9.17, 15) is 5.11 Å². The first kappa shape index (κ1) is 14.8. The third-order valence-electron chi connectivity index (χ3n) is 2.78. The maximum Gasteiger partial charge on any atom is 0.161 e. The second-order valence-electron chi connectivity index (χ2n) is 5.75. The van der Waals surface area contributed by atoms with Gasteiger partial charge in [-0.15, -0.1) is 0 Å². The minimum atomic E-state index is -0.498. The molecule has 0 aliphatic rings. The molecule has 0 spiro atoms. The lowest BCUT2D eigenvalue weighted by Gasteiger charge is -2.19. The molecule has 0 aliphatic carbocycles. The summed E-state index contributed by atoms with van der Waals surface area (Å²) in [4.78, 5) is 0. The smallest absolute Gasteiger partial charge is 0.161 e. The zero-order valence-corrected chi connectivity index (χ0v) is 12.0. The van der Waals surface area contributed by atoms with E-state index in [0.29, 0.717) is 12.4 Å². The summed E-state index contributed by atoms with van der Waals surface area (Å²) in [7, 11) is 1.61. The average Bonchev–Trinajstić information content (AvgIpc) is 2.27. The Balaban J connectivity index is 2.71. The second kappa shape index (κ2) is 6.10. The number of benzene rings is 1. The van der Waals surface area contributed by atoms with Gasteiger partial charge in [0, 0.05) is 0 Å². The van der Waals surface area contributed by atoms with Crippen LogP contribution in [-0.4, -0.2) is 18.8 Å². The van der Waals surface area contributed by atoms with E-state index < -0.39 is 6.10 Å². The molecule has 0 fully saturated rings. The van der Waals surface area contributed by atoms with Gasteiger partial charge in [-0.05, 0) is 36.5 Å². The van der Waals surface area contributed by atoms with Crippen molar-refractivity contribution in [1.82, 2.24) is 0 Å². The van der Waals surface area contributed by atoms with Crippen molar-refractivity contribution in [3.05, 3.63) is 23.8 Å².